The van der Waals surface area contributed by atoms with Gasteiger partial charge in [-0.15, -0.1) is 0 Å². The van der Waals surface area contributed by atoms with Gasteiger partial charge in [-0.25, -0.2) is 4.79 Å². The van der Waals surface area contributed by atoms with Gasteiger partial charge in [0.2, 0.25) is 0 Å². The van der Waals surface area contributed by atoms with E-state index in [1.165, 1.54) is 0 Å². The molecule has 5 heteroatoms. The Labute approximate surface area is 115 Å². The van der Waals surface area contributed by atoms with Gasteiger partial charge in [-0.3, -0.25) is 4.79 Å². The monoisotopic (exact) mass is 270 g/mol. The Kier molecular flexibility index (Phi) is 4.48. The van der Waals surface area contributed by atoms with E-state index in [9.17, 15) is 9.59 Å². The number of urea groups is 1. The topological polar surface area (TPSA) is 69.6 Å². The van der Waals surface area contributed by atoms with E-state index in [1.54, 1.807) is 11.8 Å². The van der Waals surface area contributed by atoms with E-state index in [-0.39, 0.29) is 18.0 Å². The Balaban J connectivity index is 2.47. The highest BCUT2D eigenvalue weighted by Gasteiger charge is 2.42. The predicted molar refractivity (Wildman–Crippen MR) is 74.0 cm³/mol. The van der Waals surface area contributed by atoms with Crippen molar-refractivity contribution in [2.45, 2.75) is 41.0 Å². The Bertz CT molecular complexity index is 362. The summed E-state index contributed by atoms with van der Waals surface area (Å²) in [5.74, 6) is -0.462. The quantitative estimate of drug-likeness (QED) is 0.825. The van der Waals surface area contributed by atoms with Crippen molar-refractivity contribution in [2.75, 3.05) is 19.6 Å². The zero-order valence-electron chi connectivity index (χ0n) is 12.6. The van der Waals surface area contributed by atoms with Crippen LogP contribution in [0, 0.1) is 16.7 Å². The number of nitrogens with zero attached hydrogens (tertiary/aromatic N) is 1. The van der Waals surface area contributed by atoms with Gasteiger partial charge in [0.15, 0.2) is 0 Å². The Hall–Kier alpha value is -1.26. The minimum atomic E-state index is -0.828. The molecule has 0 aliphatic carbocycles. The number of carbonyl (C=O) groups is 2. The van der Waals surface area contributed by atoms with E-state index < -0.39 is 11.4 Å². The van der Waals surface area contributed by atoms with Crippen molar-refractivity contribution in [3.8, 4) is 0 Å². The third-order valence-electron chi connectivity index (χ3n) is 4.31. The second-order valence-corrected chi connectivity index (χ2v) is 6.99. The molecule has 110 valence electrons. The average Bonchev–Trinajstić information content (AvgIpc) is 2.68. The molecular formula is C14H26N2O3. The fourth-order valence-electron chi connectivity index (χ4n) is 1.97. The maximum absolute atomic E-state index is 12.0. The lowest BCUT2D eigenvalue weighted by Crippen LogP contribution is -2.43. The van der Waals surface area contributed by atoms with Crippen LogP contribution in [-0.4, -0.2) is 41.6 Å². The van der Waals surface area contributed by atoms with Crippen molar-refractivity contribution < 1.29 is 14.7 Å². The zero-order valence-corrected chi connectivity index (χ0v) is 12.6. The van der Waals surface area contributed by atoms with Crippen molar-refractivity contribution in [1.29, 1.82) is 0 Å². The molecule has 1 aliphatic heterocycles. The van der Waals surface area contributed by atoms with E-state index >= 15 is 0 Å². The van der Waals surface area contributed by atoms with Crippen molar-refractivity contribution in [3.05, 3.63) is 0 Å². The number of hydrogen-bond donors (Lipinski definition) is 2. The molecule has 2 amide bonds. The van der Waals surface area contributed by atoms with Gasteiger partial charge in [0.25, 0.3) is 0 Å². The van der Waals surface area contributed by atoms with Gasteiger partial charge in [0.1, 0.15) is 0 Å². The molecule has 0 bridgehead atoms. The minimum Gasteiger partial charge on any atom is -0.481 e. The summed E-state index contributed by atoms with van der Waals surface area (Å²) in [4.78, 5) is 24.7. The number of carbonyl (C=O) groups excluding carboxylic acids is 1. The average molecular weight is 270 g/mol. The molecule has 0 radical (unpaired) electrons. The van der Waals surface area contributed by atoms with Gasteiger partial charge < -0.3 is 15.3 Å². The van der Waals surface area contributed by atoms with Gasteiger partial charge in [-0.05, 0) is 24.7 Å². The first-order valence-corrected chi connectivity index (χ1v) is 6.82. The van der Waals surface area contributed by atoms with Crippen LogP contribution < -0.4 is 5.32 Å². The summed E-state index contributed by atoms with van der Waals surface area (Å²) in [6, 6.07) is -0.152. The largest absolute Gasteiger partial charge is 0.481 e. The van der Waals surface area contributed by atoms with Crippen LogP contribution in [-0.2, 0) is 4.79 Å². The summed E-state index contributed by atoms with van der Waals surface area (Å²) in [6.45, 7) is 11.6. The third kappa shape index (κ3) is 3.85. The molecular weight excluding hydrogens is 244 g/mol. The van der Waals surface area contributed by atoms with Crippen LogP contribution >= 0.6 is 0 Å². The summed E-state index contributed by atoms with van der Waals surface area (Å²) >= 11 is 0. The maximum atomic E-state index is 12.0. The molecule has 2 unspecified atom stereocenters. The first-order chi connectivity index (χ1) is 8.56. The van der Waals surface area contributed by atoms with Gasteiger partial charge >= 0.3 is 12.0 Å². The van der Waals surface area contributed by atoms with Crippen LogP contribution in [0.1, 0.15) is 41.0 Å². The highest BCUT2D eigenvalue weighted by Crippen LogP contribution is 2.30. The summed E-state index contributed by atoms with van der Waals surface area (Å²) < 4.78 is 0. The van der Waals surface area contributed by atoms with Crippen molar-refractivity contribution in [2.24, 2.45) is 16.7 Å². The summed E-state index contributed by atoms with van der Waals surface area (Å²) in [7, 11) is 0. The minimum absolute atomic E-state index is 0.147. The van der Waals surface area contributed by atoms with Gasteiger partial charge in [0.05, 0.1) is 5.41 Å². The number of carboxylic acid groups (broad SMARTS) is 1. The van der Waals surface area contributed by atoms with Crippen LogP contribution in [0.4, 0.5) is 4.79 Å². The normalized spacial score (nSPS) is 25.2. The molecule has 0 aromatic rings. The number of likely N-dealkylation sites (tertiary alicyclic amines) is 1. The predicted octanol–water partition coefficient (Wildman–Crippen LogP) is 2.17. The highest BCUT2D eigenvalue weighted by molar-refractivity contribution is 5.79. The van der Waals surface area contributed by atoms with Crippen molar-refractivity contribution in [1.82, 2.24) is 10.2 Å². The van der Waals surface area contributed by atoms with Crippen LogP contribution in [0.25, 0.3) is 0 Å². The lowest BCUT2D eigenvalue weighted by atomic mass is 9.82. The molecule has 1 fully saturated rings. The van der Waals surface area contributed by atoms with Crippen LogP contribution in [0.5, 0.6) is 0 Å². The molecule has 5 nitrogen and oxygen atoms in total. The molecule has 0 saturated carbocycles. The number of rotatable bonds is 3. The fourth-order valence-corrected chi connectivity index (χ4v) is 1.97. The molecule has 1 saturated heterocycles. The molecule has 1 heterocycles. The van der Waals surface area contributed by atoms with Gasteiger partial charge in [-0.1, -0.05) is 27.7 Å². The molecule has 2 atom stereocenters. The number of hydrogen-bond acceptors (Lipinski definition) is 2. The van der Waals surface area contributed by atoms with Crippen molar-refractivity contribution in [3.63, 3.8) is 0 Å². The summed E-state index contributed by atoms with van der Waals surface area (Å²) in [5.41, 5.74) is -0.652. The van der Waals surface area contributed by atoms with E-state index in [4.69, 9.17) is 5.11 Å². The Morgan fingerprint density at radius 3 is 2.42 bits per heavy atom. The van der Waals surface area contributed by atoms with E-state index in [0.717, 1.165) is 0 Å². The van der Waals surface area contributed by atoms with E-state index in [1.807, 2.05) is 0 Å². The lowest BCUT2D eigenvalue weighted by molar-refractivity contribution is -0.146. The third-order valence-corrected chi connectivity index (χ3v) is 4.31. The first kappa shape index (κ1) is 15.8. The Morgan fingerprint density at radius 2 is 2.00 bits per heavy atom. The number of aliphatic carboxylic acids is 1. The Morgan fingerprint density at radius 1 is 1.42 bits per heavy atom. The smallest absolute Gasteiger partial charge is 0.317 e. The molecule has 0 aromatic heterocycles. The highest BCUT2D eigenvalue weighted by atomic mass is 16.4. The maximum Gasteiger partial charge on any atom is 0.317 e. The van der Waals surface area contributed by atoms with E-state index in [2.05, 4.69) is 33.0 Å². The van der Waals surface area contributed by atoms with E-state index in [0.29, 0.717) is 25.4 Å². The molecule has 1 aliphatic rings. The second kappa shape index (κ2) is 5.39. The zero-order chi connectivity index (χ0) is 14.8. The van der Waals surface area contributed by atoms with Crippen LogP contribution in [0.3, 0.4) is 0 Å². The molecule has 19 heavy (non-hydrogen) atoms. The fraction of sp³-hybridized carbons (Fsp3) is 0.857. The van der Waals surface area contributed by atoms with Crippen LogP contribution in [0.2, 0.25) is 0 Å². The summed E-state index contributed by atoms with van der Waals surface area (Å²) in [6.07, 6.45) is 0.518. The standard InChI is InChI=1S/C14H26N2O3/c1-10(13(2,3)4)8-15-12(19)16-7-6-14(5,9-16)11(17)18/h10H,6-9H2,1-5H3,(H,15,19)(H,17,18). The molecule has 0 spiro atoms. The number of carboxylic acids is 1. The first-order valence-electron chi connectivity index (χ1n) is 6.82. The van der Waals surface area contributed by atoms with Crippen molar-refractivity contribution >= 4 is 12.0 Å². The number of amides is 2. The van der Waals surface area contributed by atoms with Crippen LogP contribution in [0.15, 0.2) is 0 Å². The summed E-state index contributed by atoms with van der Waals surface area (Å²) in [5, 5.41) is 12.0. The van der Waals surface area contributed by atoms with Gasteiger partial charge in [-0.2, -0.15) is 0 Å². The molecule has 0 aromatic carbocycles. The SMILES string of the molecule is CC(CNC(=O)N1CCC(C)(C(=O)O)C1)C(C)(C)C. The molecule has 2 N–H and O–H groups in total. The van der Waals surface area contributed by atoms with Gasteiger partial charge in [0, 0.05) is 19.6 Å². The lowest BCUT2D eigenvalue weighted by Gasteiger charge is -2.28. The molecule has 1 rings (SSSR count). The number of nitrogens with one attached hydrogen (secondary N) is 1. The second-order valence-electron chi connectivity index (χ2n) is 6.99.